The number of hydrogen-bond donors (Lipinski definition) is 1. The van der Waals surface area contributed by atoms with E-state index in [1.165, 1.54) is 11.1 Å². The van der Waals surface area contributed by atoms with Gasteiger partial charge in [0.05, 0.1) is 16.4 Å². The molecule has 1 N–H and O–H groups in total. The largest absolute Gasteiger partial charge is 0.325 e. The number of amides is 1. The monoisotopic (exact) mass is 507 g/mol. The van der Waals surface area contributed by atoms with Gasteiger partial charge in [-0.05, 0) is 54.0 Å². The third-order valence-electron chi connectivity index (χ3n) is 7.41. The molecule has 0 saturated heterocycles. The van der Waals surface area contributed by atoms with Gasteiger partial charge in [0.15, 0.2) is 0 Å². The highest BCUT2D eigenvalue weighted by Crippen LogP contribution is 2.40. The molecule has 1 aliphatic rings. The number of aromatic nitrogens is 2. The Hall–Kier alpha value is -3.76. The second kappa shape index (κ2) is 9.60. The summed E-state index contributed by atoms with van der Waals surface area (Å²) in [5.74, 6) is 0.291. The molecule has 3 aromatic carbocycles. The van der Waals surface area contributed by atoms with Crippen LogP contribution < -0.4 is 5.32 Å². The number of nitrogens with zero attached hydrogens (tertiary/aromatic N) is 2. The Bertz CT molecular complexity index is 1590. The molecule has 0 radical (unpaired) electrons. The number of anilines is 1. The summed E-state index contributed by atoms with van der Waals surface area (Å²) in [6.07, 6.45) is 5.25. The molecular weight excluding hydrogens is 478 g/mol. The Morgan fingerprint density at radius 1 is 0.892 bits per heavy atom. The van der Waals surface area contributed by atoms with Crippen molar-refractivity contribution in [2.75, 3.05) is 5.32 Å². The molecule has 0 fully saturated rings. The summed E-state index contributed by atoms with van der Waals surface area (Å²) in [4.78, 5) is 14.0. The van der Waals surface area contributed by atoms with Crippen LogP contribution in [0.5, 0.6) is 0 Å². The predicted octanol–water partition coefficient (Wildman–Crippen LogP) is 8.44. The highest BCUT2D eigenvalue weighted by Gasteiger charge is 2.29. The molecule has 0 atom stereocenters. The minimum Gasteiger partial charge on any atom is -0.325 e. The standard InChI is InChI=1S/C32H30ClN3O/c1-21(2)22-15-17-24(18-16-22)29-25-12-8-9-19-35-28(23-10-4-3-5-11-23)20-36(32(25)35)30(29)31(37)34-27-14-7-6-13-26(27)33/h3-7,10-11,13-18,20-21H,8-9,12,19H2,1-2H3,(H,34,37). The predicted molar refractivity (Wildman–Crippen MR) is 153 cm³/mol. The van der Waals surface area contributed by atoms with Crippen LogP contribution in [0.15, 0.2) is 85.1 Å². The number of benzene rings is 3. The van der Waals surface area contributed by atoms with Gasteiger partial charge in [0.2, 0.25) is 0 Å². The van der Waals surface area contributed by atoms with Crippen molar-refractivity contribution < 1.29 is 4.79 Å². The molecule has 0 aliphatic carbocycles. The fourth-order valence-electron chi connectivity index (χ4n) is 5.54. The summed E-state index contributed by atoms with van der Waals surface area (Å²) in [5, 5.41) is 3.62. The first-order valence-corrected chi connectivity index (χ1v) is 13.4. The van der Waals surface area contributed by atoms with E-state index in [1.807, 2.05) is 24.3 Å². The Balaban J connectivity index is 1.60. The van der Waals surface area contributed by atoms with Gasteiger partial charge in [0, 0.05) is 23.9 Å². The van der Waals surface area contributed by atoms with E-state index in [0.29, 0.717) is 22.3 Å². The van der Waals surface area contributed by atoms with Gasteiger partial charge in [-0.1, -0.05) is 92.2 Å². The van der Waals surface area contributed by atoms with Gasteiger partial charge in [0.25, 0.3) is 5.91 Å². The second-order valence-corrected chi connectivity index (χ2v) is 10.5. The van der Waals surface area contributed by atoms with E-state index < -0.39 is 0 Å². The zero-order valence-corrected chi connectivity index (χ0v) is 21.9. The molecule has 3 heterocycles. The number of imidazole rings is 1. The summed E-state index contributed by atoms with van der Waals surface area (Å²) in [6, 6.07) is 26.5. The van der Waals surface area contributed by atoms with Gasteiger partial charge in [-0.2, -0.15) is 0 Å². The molecule has 37 heavy (non-hydrogen) atoms. The third kappa shape index (κ3) is 4.15. The van der Waals surface area contributed by atoms with Crippen molar-refractivity contribution in [2.24, 2.45) is 0 Å². The van der Waals surface area contributed by atoms with E-state index >= 15 is 0 Å². The van der Waals surface area contributed by atoms with E-state index in [4.69, 9.17) is 11.6 Å². The minimum atomic E-state index is -0.158. The molecule has 2 aromatic heterocycles. The first-order valence-electron chi connectivity index (χ1n) is 13.0. The van der Waals surface area contributed by atoms with Crippen molar-refractivity contribution in [2.45, 2.75) is 45.6 Å². The molecule has 6 rings (SSSR count). The zero-order chi connectivity index (χ0) is 25.5. The van der Waals surface area contributed by atoms with Crippen molar-refractivity contribution in [3.8, 4) is 22.4 Å². The summed E-state index contributed by atoms with van der Waals surface area (Å²) < 4.78 is 4.51. The summed E-state index contributed by atoms with van der Waals surface area (Å²) in [7, 11) is 0. The topological polar surface area (TPSA) is 38.4 Å². The van der Waals surface area contributed by atoms with Gasteiger partial charge in [-0.3, -0.25) is 9.20 Å². The van der Waals surface area contributed by atoms with Gasteiger partial charge in [-0.25, -0.2) is 0 Å². The molecule has 4 nitrogen and oxygen atoms in total. The maximum Gasteiger partial charge on any atom is 0.273 e. The summed E-state index contributed by atoms with van der Waals surface area (Å²) >= 11 is 6.43. The van der Waals surface area contributed by atoms with Gasteiger partial charge >= 0.3 is 0 Å². The Labute approximate surface area is 222 Å². The number of hydrogen-bond acceptors (Lipinski definition) is 1. The average molecular weight is 508 g/mol. The zero-order valence-electron chi connectivity index (χ0n) is 21.2. The first kappa shape index (κ1) is 23.6. The Kier molecular flexibility index (Phi) is 6.13. The van der Waals surface area contributed by atoms with E-state index in [9.17, 15) is 4.79 Å². The number of para-hydroxylation sites is 1. The quantitative estimate of drug-likeness (QED) is 0.254. The Morgan fingerprint density at radius 3 is 2.35 bits per heavy atom. The van der Waals surface area contributed by atoms with Crippen LogP contribution >= 0.6 is 11.6 Å². The normalized spacial score (nSPS) is 13.2. The van der Waals surface area contributed by atoms with Crippen LogP contribution in [0.1, 0.15) is 54.2 Å². The molecule has 1 aliphatic heterocycles. The van der Waals surface area contributed by atoms with Gasteiger partial charge in [0.1, 0.15) is 11.3 Å². The lowest BCUT2D eigenvalue weighted by molar-refractivity contribution is 0.102. The molecular formula is C32H30ClN3O. The van der Waals surface area contributed by atoms with Crippen molar-refractivity contribution in [3.63, 3.8) is 0 Å². The van der Waals surface area contributed by atoms with Gasteiger partial charge < -0.3 is 9.88 Å². The van der Waals surface area contributed by atoms with Crippen molar-refractivity contribution >= 4 is 28.8 Å². The minimum absolute atomic E-state index is 0.158. The van der Waals surface area contributed by atoms with E-state index in [0.717, 1.165) is 53.8 Å². The van der Waals surface area contributed by atoms with Crippen LogP contribution in [0.2, 0.25) is 5.02 Å². The molecule has 0 saturated carbocycles. The first-order chi connectivity index (χ1) is 18.0. The summed E-state index contributed by atoms with van der Waals surface area (Å²) in [5.41, 5.74) is 9.28. The number of carbonyl (C=O) groups excluding carboxylic acids is 1. The smallest absolute Gasteiger partial charge is 0.273 e. The van der Waals surface area contributed by atoms with Crippen LogP contribution in [0.4, 0.5) is 5.69 Å². The van der Waals surface area contributed by atoms with Crippen LogP contribution in [0, 0.1) is 0 Å². The van der Waals surface area contributed by atoms with E-state index in [-0.39, 0.29) is 5.91 Å². The lowest BCUT2D eigenvalue weighted by atomic mass is 9.95. The molecule has 5 heteroatoms. The third-order valence-corrected chi connectivity index (χ3v) is 7.74. The molecule has 0 spiro atoms. The number of halogens is 1. The average Bonchev–Trinajstić information content (AvgIpc) is 3.33. The second-order valence-electron chi connectivity index (χ2n) is 10.1. The van der Waals surface area contributed by atoms with Crippen LogP contribution in [0.25, 0.3) is 28.0 Å². The lowest BCUT2D eigenvalue weighted by Gasteiger charge is -2.12. The van der Waals surface area contributed by atoms with Crippen LogP contribution in [-0.4, -0.2) is 14.9 Å². The van der Waals surface area contributed by atoms with Crippen molar-refractivity contribution in [3.05, 3.63) is 107 Å². The molecule has 186 valence electrons. The van der Waals surface area contributed by atoms with E-state index in [2.05, 4.69) is 82.9 Å². The van der Waals surface area contributed by atoms with Crippen molar-refractivity contribution in [1.29, 1.82) is 0 Å². The van der Waals surface area contributed by atoms with Crippen LogP contribution in [-0.2, 0) is 13.0 Å². The van der Waals surface area contributed by atoms with Crippen LogP contribution in [0.3, 0.4) is 0 Å². The molecule has 5 aromatic rings. The maximum atomic E-state index is 14.0. The maximum absolute atomic E-state index is 14.0. The fraction of sp³-hybridized carbons (Fsp3) is 0.219. The molecule has 1 amide bonds. The number of nitrogens with one attached hydrogen (secondary N) is 1. The summed E-state index contributed by atoms with van der Waals surface area (Å²) in [6.45, 7) is 5.33. The highest BCUT2D eigenvalue weighted by atomic mass is 35.5. The number of aryl methyl sites for hydroxylation is 2. The van der Waals surface area contributed by atoms with Gasteiger partial charge in [-0.15, -0.1) is 0 Å². The van der Waals surface area contributed by atoms with E-state index in [1.54, 1.807) is 6.07 Å². The molecule has 0 unspecified atom stereocenters. The lowest BCUT2D eigenvalue weighted by Crippen LogP contribution is -2.15. The highest BCUT2D eigenvalue weighted by molar-refractivity contribution is 6.34. The number of carbonyl (C=O) groups is 1. The molecule has 0 bridgehead atoms. The fourth-order valence-corrected chi connectivity index (χ4v) is 5.72. The Morgan fingerprint density at radius 2 is 1.62 bits per heavy atom. The van der Waals surface area contributed by atoms with Crippen molar-refractivity contribution in [1.82, 2.24) is 8.97 Å². The SMILES string of the molecule is CC(C)c1ccc(-c2c3c4n(c(-c5ccccc5)cn4c2C(=O)Nc2ccccc2Cl)CCCC3)cc1. The number of rotatable bonds is 5.